The maximum Gasteiger partial charge on any atom is 0.187 e. The minimum Gasteiger partial charge on any atom is -0.378 e. The Balaban J connectivity index is 1.66. The molecule has 1 saturated heterocycles. The van der Waals surface area contributed by atoms with Crippen LogP contribution >= 0.6 is 0 Å². The smallest absolute Gasteiger partial charge is 0.187 e. The molecule has 0 amide bonds. The maximum atomic E-state index is 9.43. The molecule has 0 atom stereocenters. The Morgan fingerprint density at radius 2 is 1.85 bits per heavy atom. The summed E-state index contributed by atoms with van der Waals surface area (Å²) in [4.78, 5) is 2.31. The Labute approximate surface area is 152 Å². The van der Waals surface area contributed by atoms with Crippen LogP contribution in [-0.4, -0.2) is 36.5 Å². The van der Waals surface area contributed by atoms with Crippen LogP contribution in [0.2, 0.25) is 0 Å². The molecule has 0 spiro atoms. The van der Waals surface area contributed by atoms with Gasteiger partial charge in [0.25, 0.3) is 0 Å². The lowest BCUT2D eigenvalue weighted by atomic mass is 10.1. The summed E-state index contributed by atoms with van der Waals surface area (Å²) in [5.41, 5.74) is 4.95. The van der Waals surface area contributed by atoms with Crippen molar-refractivity contribution in [3.63, 3.8) is 0 Å². The monoisotopic (exact) mass is 345 g/mol. The van der Waals surface area contributed by atoms with Crippen LogP contribution in [0.3, 0.4) is 0 Å². The highest BCUT2D eigenvalue weighted by molar-refractivity contribution is 5.95. The molecule has 0 aliphatic carbocycles. The van der Waals surface area contributed by atoms with Crippen molar-refractivity contribution in [1.29, 1.82) is 5.26 Å². The number of aromatic nitrogens is 2. The Bertz CT molecular complexity index is 972. The van der Waals surface area contributed by atoms with E-state index in [0.29, 0.717) is 11.4 Å². The van der Waals surface area contributed by atoms with Gasteiger partial charge in [-0.25, -0.2) is 0 Å². The highest BCUT2D eigenvalue weighted by Gasteiger charge is 2.13. The average Bonchev–Trinajstić information content (AvgIpc) is 2.69. The molecule has 1 aromatic heterocycles. The highest BCUT2D eigenvalue weighted by atomic mass is 16.5. The number of anilines is 3. The van der Waals surface area contributed by atoms with Gasteiger partial charge in [0, 0.05) is 29.9 Å². The fourth-order valence-electron chi connectivity index (χ4n) is 3.15. The minimum atomic E-state index is 0.292. The molecule has 1 N–H and O–H groups in total. The van der Waals surface area contributed by atoms with Gasteiger partial charge in [0.05, 0.1) is 24.4 Å². The molecular weight excluding hydrogens is 326 g/mol. The van der Waals surface area contributed by atoms with E-state index in [9.17, 15) is 5.26 Å². The molecule has 4 rings (SSSR count). The van der Waals surface area contributed by atoms with Crippen LogP contribution in [0.25, 0.3) is 10.9 Å². The van der Waals surface area contributed by atoms with Gasteiger partial charge in [-0.2, -0.15) is 5.26 Å². The lowest BCUT2D eigenvalue weighted by Gasteiger charge is -2.29. The number of aryl methyl sites for hydroxylation is 1. The van der Waals surface area contributed by atoms with Gasteiger partial charge in [-0.1, -0.05) is 11.6 Å². The van der Waals surface area contributed by atoms with Crippen LogP contribution in [-0.2, 0) is 4.74 Å². The van der Waals surface area contributed by atoms with Gasteiger partial charge < -0.3 is 15.0 Å². The van der Waals surface area contributed by atoms with Crippen molar-refractivity contribution in [2.24, 2.45) is 0 Å². The summed E-state index contributed by atoms with van der Waals surface area (Å²) in [6.07, 6.45) is 0. The molecule has 2 aromatic carbocycles. The zero-order valence-corrected chi connectivity index (χ0v) is 14.6. The number of rotatable bonds is 3. The van der Waals surface area contributed by atoms with E-state index in [1.165, 1.54) is 5.69 Å². The first-order valence-corrected chi connectivity index (χ1v) is 8.61. The molecule has 0 bridgehead atoms. The summed E-state index contributed by atoms with van der Waals surface area (Å²) >= 11 is 0. The van der Waals surface area contributed by atoms with Gasteiger partial charge in [0.1, 0.15) is 6.07 Å². The van der Waals surface area contributed by atoms with Crippen LogP contribution in [0.15, 0.2) is 42.5 Å². The molecule has 130 valence electrons. The summed E-state index contributed by atoms with van der Waals surface area (Å²) in [5, 5.41) is 21.9. The predicted molar refractivity (Wildman–Crippen MR) is 102 cm³/mol. The van der Waals surface area contributed by atoms with Gasteiger partial charge in [0.2, 0.25) is 0 Å². The predicted octanol–water partition coefficient (Wildman–Crippen LogP) is 3.39. The third kappa shape index (κ3) is 3.17. The van der Waals surface area contributed by atoms with E-state index in [4.69, 9.17) is 4.74 Å². The van der Waals surface area contributed by atoms with E-state index < -0.39 is 0 Å². The Morgan fingerprint density at radius 1 is 1.08 bits per heavy atom. The van der Waals surface area contributed by atoms with Crippen molar-refractivity contribution in [2.45, 2.75) is 6.92 Å². The number of nitriles is 1. The van der Waals surface area contributed by atoms with Crippen LogP contribution in [0.5, 0.6) is 0 Å². The first kappa shape index (κ1) is 16.3. The molecule has 26 heavy (non-hydrogen) atoms. The average molecular weight is 345 g/mol. The van der Waals surface area contributed by atoms with Crippen molar-refractivity contribution < 1.29 is 4.74 Å². The summed E-state index contributed by atoms with van der Waals surface area (Å²) in [7, 11) is 0. The molecule has 0 radical (unpaired) electrons. The molecule has 0 saturated carbocycles. The first-order valence-electron chi connectivity index (χ1n) is 8.61. The molecule has 1 aliphatic rings. The Kier molecular flexibility index (Phi) is 4.38. The molecule has 1 fully saturated rings. The summed E-state index contributed by atoms with van der Waals surface area (Å²) in [6, 6.07) is 16.3. The molecule has 6 nitrogen and oxygen atoms in total. The zero-order valence-electron chi connectivity index (χ0n) is 14.6. The van der Waals surface area contributed by atoms with E-state index in [1.54, 1.807) is 0 Å². The molecule has 1 aliphatic heterocycles. The third-order valence-corrected chi connectivity index (χ3v) is 4.53. The van der Waals surface area contributed by atoms with Gasteiger partial charge in [0.15, 0.2) is 5.69 Å². The first-order chi connectivity index (χ1) is 12.7. The van der Waals surface area contributed by atoms with Crippen LogP contribution in [0.1, 0.15) is 11.3 Å². The molecule has 2 heterocycles. The normalized spacial score (nSPS) is 14.2. The zero-order chi connectivity index (χ0) is 17.9. The SMILES string of the molecule is Cc1ccc2nnc(C#N)c(Nc3ccc(N4CCOCC4)cc3)c2c1. The summed E-state index contributed by atoms with van der Waals surface area (Å²) in [6.45, 7) is 5.36. The molecular formula is C20H19N5O. The Hall–Kier alpha value is -3.17. The van der Waals surface area contributed by atoms with Crippen molar-refractivity contribution in [1.82, 2.24) is 10.2 Å². The van der Waals surface area contributed by atoms with Crippen LogP contribution < -0.4 is 10.2 Å². The number of morpholine rings is 1. The standard InChI is InChI=1S/C20H19N5O/c1-14-2-7-18-17(12-14)20(19(13-21)24-23-18)22-15-3-5-16(6-4-15)25-8-10-26-11-9-25/h2-7,12H,8-11H2,1H3,(H,22,23). The quantitative estimate of drug-likeness (QED) is 0.784. The van der Waals surface area contributed by atoms with Gasteiger partial charge >= 0.3 is 0 Å². The van der Waals surface area contributed by atoms with E-state index in [0.717, 1.165) is 48.5 Å². The number of nitrogens with one attached hydrogen (secondary N) is 1. The van der Waals surface area contributed by atoms with Crippen LogP contribution in [0.4, 0.5) is 17.1 Å². The van der Waals surface area contributed by atoms with E-state index >= 15 is 0 Å². The van der Waals surface area contributed by atoms with Crippen LogP contribution in [0, 0.1) is 18.3 Å². The number of benzene rings is 2. The number of hydrogen-bond acceptors (Lipinski definition) is 6. The highest BCUT2D eigenvalue weighted by Crippen LogP contribution is 2.29. The fraction of sp³-hybridized carbons (Fsp3) is 0.250. The second kappa shape index (κ2) is 6.98. The fourth-order valence-corrected chi connectivity index (χ4v) is 3.15. The van der Waals surface area contributed by atoms with Gasteiger partial charge in [-0.3, -0.25) is 0 Å². The number of nitrogens with zero attached hydrogens (tertiary/aromatic N) is 4. The third-order valence-electron chi connectivity index (χ3n) is 4.53. The topological polar surface area (TPSA) is 74.1 Å². The van der Waals surface area contributed by atoms with E-state index in [-0.39, 0.29) is 0 Å². The van der Waals surface area contributed by atoms with Gasteiger partial charge in [-0.15, -0.1) is 10.2 Å². The molecule has 3 aromatic rings. The van der Waals surface area contributed by atoms with E-state index in [1.807, 2.05) is 37.3 Å². The molecule has 0 unspecified atom stereocenters. The summed E-state index contributed by atoms with van der Waals surface area (Å²) in [5.74, 6) is 0. The number of ether oxygens (including phenoxy) is 1. The van der Waals surface area contributed by atoms with Crippen molar-refractivity contribution in [2.75, 3.05) is 36.5 Å². The lowest BCUT2D eigenvalue weighted by Crippen LogP contribution is -2.36. The second-order valence-corrected chi connectivity index (χ2v) is 6.33. The van der Waals surface area contributed by atoms with Crippen molar-refractivity contribution in [3.8, 4) is 6.07 Å². The second-order valence-electron chi connectivity index (χ2n) is 6.33. The minimum absolute atomic E-state index is 0.292. The summed E-state index contributed by atoms with van der Waals surface area (Å²) < 4.78 is 5.40. The van der Waals surface area contributed by atoms with Crippen molar-refractivity contribution >= 4 is 28.0 Å². The van der Waals surface area contributed by atoms with E-state index in [2.05, 4.69) is 38.6 Å². The number of fused-ring (bicyclic) bond motifs is 1. The van der Waals surface area contributed by atoms with Crippen molar-refractivity contribution in [3.05, 3.63) is 53.7 Å². The number of hydrogen-bond donors (Lipinski definition) is 1. The Morgan fingerprint density at radius 3 is 2.58 bits per heavy atom. The van der Waals surface area contributed by atoms with Gasteiger partial charge in [-0.05, 0) is 43.3 Å². The largest absolute Gasteiger partial charge is 0.378 e. The lowest BCUT2D eigenvalue weighted by molar-refractivity contribution is 0.122. The maximum absolute atomic E-state index is 9.43. The molecule has 6 heteroatoms.